The van der Waals surface area contributed by atoms with E-state index in [2.05, 4.69) is 35.7 Å². The number of carbonyl (C=O) groups is 1. The average molecular weight is 303 g/mol. The van der Waals surface area contributed by atoms with Crippen LogP contribution in [-0.2, 0) is 11.3 Å². The minimum Gasteiger partial charge on any atom is -0.356 e. The van der Waals surface area contributed by atoms with Crippen LogP contribution in [0.4, 0.5) is 0 Å². The van der Waals surface area contributed by atoms with E-state index in [9.17, 15) is 4.79 Å². The van der Waals surface area contributed by atoms with Gasteiger partial charge in [0, 0.05) is 42.2 Å². The minimum atomic E-state index is 0.180. The molecule has 1 saturated carbocycles. The summed E-state index contributed by atoms with van der Waals surface area (Å²) in [4.78, 5) is 13.6. The van der Waals surface area contributed by atoms with Crippen molar-refractivity contribution in [3.63, 3.8) is 0 Å². The molecule has 0 spiro atoms. The van der Waals surface area contributed by atoms with Crippen LogP contribution in [0, 0.1) is 18.8 Å². The van der Waals surface area contributed by atoms with Gasteiger partial charge in [-0.2, -0.15) is 5.10 Å². The highest BCUT2D eigenvalue weighted by molar-refractivity contribution is 7.10. The molecule has 2 aromatic heterocycles. The molecule has 112 valence electrons. The lowest BCUT2D eigenvalue weighted by atomic mass is 10.1. The van der Waals surface area contributed by atoms with Gasteiger partial charge in [0.1, 0.15) is 0 Å². The number of nitrogens with one attached hydrogen (secondary N) is 1. The smallest absolute Gasteiger partial charge is 0.223 e. The second-order valence-corrected chi connectivity index (χ2v) is 6.94. The van der Waals surface area contributed by atoms with Gasteiger partial charge >= 0.3 is 0 Å². The highest BCUT2D eigenvalue weighted by Gasteiger charge is 2.45. The molecule has 2 heterocycles. The zero-order valence-electron chi connectivity index (χ0n) is 12.5. The van der Waals surface area contributed by atoms with Gasteiger partial charge in [-0.1, -0.05) is 6.92 Å². The van der Waals surface area contributed by atoms with Gasteiger partial charge in [-0.25, -0.2) is 0 Å². The summed E-state index contributed by atoms with van der Waals surface area (Å²) in [6.07, 6.45) is 4.74. The van der Waals surface area contributed by atoms with Crippen molar-refractivity contribution in [3.8, 4) is 0 Å². The van der Waals surface area contributed by atoms with Crippen LogP contribution in [0.25, 0.3) is 0 Å². The van der Waals surface area contributed by atoms with E-state index >= 15 is 0 Å². The first-order valence-electron chi connectivity index (χ1n) is 7.44. The van der Waals surface area contributed by atoms with E-state index in [1.165, 1.54) is 10.4 Å². The number of thiophene rings is 1. The van der Waals surface area contributed by atoms with Gasteiger partial charge in [-0.3, -0.25) is 9.48 Å². The lowest BCUT2D eigenvalue weighted by Gasteiger charge is -2.12. The van der Waals surface area contributed by atoms with Crippen molar-refractivity contribution in [3.05, 3.63) is 40.3 Å². The van der Waals surface area contributed by atoms with Crippen molar-refractivity contribution in [1.82, 2.24) is 15.1 Å². The van der Waals surface area contributed by atoms with Crippen molar-refractivity contribution >= 4 is 17.2 Å². The predicted octanol–water partition coefficient (Wildman–Crippen LogP) is 2.81. The van der Waals surface area contributed by atoms with E-state index in [0.717, 1.165) is 13.0 Å². The van der Waals surface area contributed by atoms with Crippen LogP contribution in [0.5, 0.6) is 0 Å². The van der Waals surface area contributed by atoms with Crippen LogP contribution in [0.1, 0.15) is 29.7 Å². The van der Waals surface area contributed by atoms with Crippen LogP contribution >= 0.6 is 11.3 Å². The molecule has 2 aromatic rings. The molecule has 0 saturated heterocycles. The van der Waals surface area contributed by atoms with Crippen LogP contribution in [0.3, 0.4) is 0 Å². The molecule has 0 radical (unpaired) electrons. The molecule has 1 aliphatic carbocycles. The number of hydrogen-bond acceptors (Lipinski definition) is 3. The first-order valence-corrected chi connectivity index (χ1v) is 8.32. The summed E-state index contributed by atoms with van der Waals surface area (Å²) in [5, 5.41) is 9.40. The van der Waals surface area contributed by atoms with Crippen molar-refractivity contribution in [2.75, 3.05) is 6.54 Å². The maximum Gasteiger partial charge on any atom is 0.223 e. The van der Waals surface area contributed by atoms with Crippen LogP contribution in [-0.4, -0.2) is 22.2 Å². The standard InChI is InChI=1S/C16H21N3OS/c1-11(10-19-6-3-5-18-19)9-17-16(20)14-8-13(14)15-12(2)4-7-21-15/h3-7,11,13-14H,8-10H2,1-2H3,(H,17,20)/t11-,13-,14+/m1/s1. The maximum atomic E-state index is 12.2. The van der Waals surface area contributed by atoms with Crippen molar-refractivity contribution < 1.29 is 4.79 Å². The molecular weight excluding hydrogens is 282 g/mol. The second kappa shape index (κ2) is 6.02. The summed E-state index contributed by atoms with van der Waals surface area (Å²) in [7, 11) is 0. The first kappa shape index (κ1) is 14.3. The summed E-state index contributed by atoms with van der Waals surface area (Å²) in [5.74, 6) is 1.22. The molecule has 3 rings (SSSR count). The molecule has 0 aliphatic heterocycles. The Morgan fingerprint density at radius 2 is 2.48 bits per heavy atom. The number of carbonyl (C=O) groups excluding carboxylic acids is 1. The zero-order chi connectivity index (χ0) is 14.8. The van der Waals surface area contributed by atoms with Gasteiger partial charge in [0.2, 0.25) is 5.91 Å². The Labute approximate surface area is 129 Å². The number of aryl methyl sites for hydroxylation is 1. The van der Waals surface area contributed by atoms with E-state index < -0.39 is 0 Å². The third-order valence-corrected chi connectivity index (χ3v) is 5.20. The third kappa shape index (κ3) is 3.35. The quantitative estimate of drug-likeness (QED) is 0.892. The topological polar surface area (TPSA) is 46.9 Å². The number of nitrogens with zero attached hydrogens (tertiary/aromatic N) is 2. The van der Waals surface area contributed by atoms with Crippen molar-refractivity contribution in [2.45, 2.75) is 32.7 Å². The normalized spacial score (nSPS) is 22.0. The molecule has 5 heteroatoms. The summed E-state index contributed by atoms with van der Waals surface area (Å²) in [5.41, 5.74) is 1.33. The van der Waals surface area contributed by atoms with E-state index in [1.807, 2.05) is 16.9 Å². The summed E-state index contributed by atoms with van der Waals surface area (Å²) in [6, 6.07) is 4.06. The predicted molar refractivity (Wildman–Crippen MR) is 84.3 cm³/mol. The maximum absolute atomic E-state index is 12.2. The fourth-order valence-electron chi connectivity index (χ4n) is 2.74. The van der Waals surface area contributed by atoms with Gasteiger partial charge in [-0.15, -0.1) is 11.3 Å². The highest BCUT2D eigenvalue weighted by Crippen LogP contribution is 2.50. The summed E-state index contributed by atoms with van der Waals surface area (Å²) in [6.45, 7) is 5.82. The van der Waals surface area contributed by atoms with Crippen molar-refractivity contribution in [2.24, 2.45) is 11.8 Å². The number of aromatic nitrogens is 2. The Hall–Kier alpha value is -1.62. The molecular formula is C16H21N3OS. The lowest BCUT2D eigenvalue weighted by molar-refractivity contribution is -0.122. The molecule has 4 nitrogen and oxygen atoms in total. The fourth-order valence-corrected chi connectivity index (χ4v) is 3.85. The van der Waals surface area contributed by atoms with Crippen molar-refractivity contribution in [1.29, 1.82) is 0 Å². The average Bonchev–Trinajstić information content (AvgIpc) is 2.86. The first-order chi connectivity index (χ1) is 10.1. The van der Waals surface area contributed by atoms with Crippen LogP contribution < -0.4 is 5.32 Å². The summed E-state index contributed by atoms with van der Waals surface area (Å²) >= 11 is 1.78. The minimum absolute atomic E-state index is 0.180. The zero-order valence-corrected chi connectivity index (χ0v) is 13.3. The monoisotopic (exact) mass is 303 g/mol. The van der Waals surface area contributed by atoms with E-state index in [0.29, 0.717) is 18.4 Å². The molecule has 3 atom stereocenters. The molecule has 0 bridgehead atoms. The third-order valence-electron chi connectivity index (χ3n) is 4.05. The number of hydrogen-bond donors (Lipinski definition) is 1. The number of rotatable bonds is 6. The molecule has 0 unspecified atom stereocenters. The molecule has 1 aliphatic rings. The lowest BCUT2D eigenvalue weighted by Crippen LogP contribution is -2.31. The molecule has 1 N–H and O–H groups in total. The highest BCUT2D eigenvalue weighted by atomic mass is 32.1. The second-order valence-electron chi connectivity index (χ2n) is 5.99. The Bertz CT molecular complexity index is 605. The Balaban J connectivity index is 1.44. The van der Waals surface area contributed by atoms with E-state index in [1.54, 1.807) is 17.5 Å². The fraction of sp³-hybridized carbons (Fsp3) is 0.500. The van der Waals surface area contributed by atoms with Crippen LogP contribution in [0.2, 0.25) is 0 Å². The van der Waals surface area contributed by atoms with Gasteiger partial charge in [0.15, 0.2) is 0 Å². The molecule has 21 heavy (non-hydrogen) atoms. The largest absolute Gasteiger partial charge is 0.356 e. The number of amides is 1. The molecule has 1 amide bonds. The van der Waals surface area contributed by atoms with Gasteiger partial charge in [-0.05, 0) is 42.3 Å². The molecule has 1 fully saturated rings. The van der Waals surface area contributed by atoms with Gasteiger partial charge < -0.3 is 5.32 Å². The Morgan fingerprint density at radius 1 is 1.62 bits per heavy atom. The van der Waals surface area contributed by atoms with Crippen LogP contribution in [0.15, 0.2) is 29.9 Å². The van der Waals surface area contributed by atoms with Gasteiger partial charge in [0.05, 0.1) is 0 Å². The van der Waals surface area contributed by atoms with Gasteiger partial charge in [0.25, 0.3) is 0 Å². The molecule has 0 aromatic carbocycles. The van der Waals surface area contributed by atoms with E-state index in [4.69, 9.17) is 0 Å². The SMILES string of the molecule is Cc1ccsc1[C@@H]1C[C@@H]1C(=O)NC[C@@H](C)Cn1cccn1. The Kier molecular flexibility index (Phi) is 4.10. The Morgan fingerprint density at radius 3 is 3.14 bits per heavy atom. The van der Waals surface area contributed by atoms with E-state index in [-0.39, 0.29) is 11.8 Å². The summed E-state index contributed by atoms with van der Waals surface area (Å²) < 4.78 is 1.91.